The number of hydrazine groups is 1. The largest absolute Gasteiger partial charge is 0.369 e. The van der Waals surface area contributed by atoms with Crippen LogP contribution in [0, 0.1) is 0 Å². The highest BCUT2D eigenvalue weighted by molar-refractivity contribution is 6.30. The van der Waals surface area contributed by atoms with Crippen molar-refractivity contribution in [3.05, 3.63) is 34.9 Å². The first-order valence-corrected chi connectivity index (χ1v) is 8.45. The predicted molar refractivity (Wildman–Crippen MR) is 90.1 cm³/mol. The van der Waals surface area contributed by atoms with Crippen molar-refractivity contribution in [1.82, 2.24) is 15.8 Å². The number of rotatable bonds is 2. The van der Waals surface area contributed by atoms with Gasteiger partial charge in [0.25, 0.3) is 0 Å². The van der Waals surface area contributed by atoms with Gasteiger partial charge in [0.05, 0.1) is 11.7 Å². The SMILES string of the molecule is CC1CN(C(=O)C2CC(c3ccc(Cl)cc3)NN2)CC(C)(C)O1. The van der Waals surface area contributed by atoms with E-state index in [9.17, 15) is 4.79 Å². The van der Waals surface area contributed by atoms with Crippen LogP contribution in [0.2, 0.25) is 5.02 Å². The summed E-state index contributed by atoms with van der Waals surface area (Å²) in [6, 6.07) is 7.65. The lowest BCUT2D eigenvalue weighted by Gasteiger charge is -2.42. The van der Waals surface area contributed by atoms with Crippen LogP contribution in [0.3, 0.4) is 0 Å². The minimum Gasteiger partial charge on any atom is -0.369 e. The number of halogens is 1. The number of ether oxygens (including phenoxy) is 1. The molecule has 2 fully saturated rings. The van der Waals surface area contributed by atoms with Crippen LogP contribution in [0.5, 0.6) is 0 Å². The van der Waals surface area contributed by atoms with Crippen molar-refractivity contribution in [3.63, 3.8) is 0 Å². The van der Waals surface area contributed by atoms with Gasteiger partial charge in [-0.25, -0.2) is 10.9 Å². The molecule has 0 bridgehead atoms. The minimum absolute atomic E-state index is 0.0594. The minimum atomic E-state index is -0.297. The van der Waals surface area contributed by atoms with Crippen molar-refractivity contribution in [1.29, 1.82) is 0 Å². The smallest absolute Gasteiger partial charge is 0.241 e. The molecular weight excluding hydrogens is 314 g/mol. The van der Waals surface area contributed by atoms with E-state index in [0.29, 0.717) is 13.1 Å². The van der Waals surface area contributed by atoms with Crippen molar-refractivity contribution in [2.24, 2.45) is 0 Å². The topological polar surface area (TPSA) is 53.6 Å². The molecule has 126 valence electrons. The monoisotopic (exact) mass is 337 g/mol. The molecule has 2 aliphatic heterocycles. The second-order valence-electron chi connectivity index (χ2n) is 7.09. The summed E-state index contributed by atoms with van der Waals surface area (Å²) in [5.41, 5.74) is 7.20. The fourth-order valence-electron chi connectivity index (χ4n) is 3.47. The molecule has 5 nitrogen and oxygen atoms in total. The van der Waals surface area contributed by atoms with Crippen LogP contribution >= 0.6 is 11.6 Å². The molecule has 0 saturated carbocycles. The molecule has 2 aliphatic rings. The van der Waals surface area contributed by atoms with Gasteiger partial charge in [-0.15, -0.1) is 0 Å². The van der Waals surface area contributed by atoms with Crippen molar-refractivity contribution >= 4 is 17.5 Å². The van der Waals surface area contributed by atoms with Gasteiger partial charge in [0.1, 0.15) is 6.04 Å². The predicted octanol–water partition coefficient (Wildman–Crippen LogP) is 2.27. The lowest BCUT2D eigenvalue weighted by atomic mass is 10.00. The Morgan fingerprint density at radius 1 is 1.30 bits per heavy atom. The second kappa shape index (κ2) is 6.40. The number of hydrogen-bond donors (Lipinski definition) is 2. The number of carbonyl (C=O) groups is 1. The highest BCUT2D eigenvalue weighted by Crippen LogP contribution is 2.26. The number of hydrogen-bond acceptors (Lipinski definition) is 4. The molecule has 3 unspecified atom stereocenters. The third-order valence-corrected chi connectivity index (χ3v) is 4.61. The van der Waals surface area contributed by atoms with Gasteiger partial charge in [0.15, 0.2) is 0 Å². The molecule has 0 aliphatic carbocycles. The summed E-state index contributed by atoms with van der Waals surface area (Å²) < 4.78 is 5.88. The van der Waals surface area contributed by atoms with Crippen molar-refractivity contribution in [3.8, 4) is 0 Å². The third-order valence-electron chi connectivity index (χ3n) is 4.35. The molecule has 2 heterocycles. The maximum Gasteiger partial charge on any atom is 0.241 e. The zero-order chi connectivity index (χ0) is 16.6. The summed E-state index contributed by atoms with van der Waals surface area (Å²) in [5, 5.41) is 0.719. The van der Waals surface area contributed by atoms with Gasteiger partial charge >= 0.3 is 0 Å². The second-order valence-corrected chi connectivity index (χ2v) is 7.52. The van der Waals surface area contributed by atoms with Crippen LogP contribution in [0.4, 0.5) is 0 Å². The number of nitrogens with one attached hydrogen (secondary N) is 2. The van der Waals surface area contributed by atoms with Crippen LogP contribution in [-0.2, 0) is 9.53 Å². The van der Waals surface area contributed by atoms with E-state index in [1.54, 1.807) is 0 Å². The lowest BCUT2D eigenvalue weighted by molar-refractivity contribution is -0.159. The van der Waals surface area contributed by atoms with E-state index in [1.165, 1.54) is 0 Å². The molecule has 2 N–H and O–H groups in total. The lowest BCUT2D eigenvalue weighted by Crippen LogP contribution is -2.57. The average Bonchev–Trinajstić information content (AvgIpc) is 2.95. The zero-order valence-corrected chi connectivity index (χ0v) is 14.6. The maximum atomic E-state index is 12.8. The summed E-state index contributed by atoms with van der Waals surface area (Å²) in [4.78, 5) is 14.7. The first-order chi connectivity index (χ1) is 10.8. The molecule has 1 amide bonds. The summed E-state index contributed by atoms with van der Waals surface area (Å²) in [6.07, 6.45) is 0.788. The van der Waals surface area contributed by atoms with Crippen LogP contribution < -0.4 is 10.9 Å². The van der Waals surface area contributed by atoms with Gasteiger partial charge in [0, 0.05) is 24.2 Å². The molecule has 0 aromatic heterocycles. The van der Waals surface area contributed by atoms with Crippen molar-refractivity contribution in [2.75, 3.05) is 13.1 Å². The molecule has 23 heavy (non-hydrogen) atoms. The molecule has 3 atom stereocenters. The van der Waals surface area contributed by atoms with Crippen molar-refractivity contribution in [2.45, 2.75) is 51.0 Å². The summed E-state index contributed by atoms with van der Waals surface area (Å²) >= 11 is 5.93. The van der Waals surface area contributed by atoms with Gasteiger partial charge in [0.2, 0.25) is 5.91 Å². The Kier molecular flexibility index (Phi) is 4.65. The molecule has 0 spiro atoms. The molecule has 2 saturated heterocycles. The molecule has 1 aromatic carbocycles. The van der Waals surface area contributed by atoms with Crippen LogP contribution in [0.1, 0.15) is 38.8 Å². The number of morpholine rings is 1. The Bertz CT molecular complexity index is 576. The number of carbonyl (C=O) groups excluding carboxylic acids is 1. The fourth-order valence-corrected chi connectivity index (χ4v) is 3.60. The highest BCUT2D eigenvalue weighted by atomic mass is 35.5. The molecule has 3 rings (SSSR count). The Labute approximate surface area is 142 Å². The number of nitrogens with zero attached hydrogens (tertiary/aromatic N) is 1. The first-order valence-electron chi connectivity index (χ1n) is 8.07. The Balaban J connectivity index is 1.64. The molecule has 6 heteroatoms. The van der Waals surface area contributed by atoms with E-state index >= 15 is 0 Å². The summed E-state index contributed by atoms with van der Waals surface area (Å²) in [7, 11) is 0. The van der Waals surface area contributed by atoms with E-state index in [1.807, 2.05) is 49.9 Å². The molecule has 1 aromatic rings. The van der Waals surface area contributed by atoms with E-state index < -0.39 is 0 Å². The quantitative estimate of drug-likeness (QED) is 0.869. The number of amides is 1. The van der Waals surface area contributed by atoms with E-state index in [-0.39, 0.29) is 29.7 Å². The highest BCUT2D eigenvalue weighted by Gasteiger charge is 2.38. The molecule has 0 radical (unpaired) electrons. The Morgan fingerprint density at radius 2 is 2.00 bits per heavy atom. The van der Waals surface area contributed by atoms with Gasteiger partial charge in [-0.2, -0.15) is 0 Å². The Morgan fingerprint density at radius 3 is 2.65 bits per heavy atom. The number of benzene rings is 1. The fraction of sp³-hybridized carbons (Fsp3) is 0.588. The maximum absolute atomic E-state index is 12.8. The molecular formula is C17H24ClN3O2. The summed E-state index contributed by atoms with van der Waals surface area (Å²) in [6.45, 7) is 7.34. The van der Waals surface area contributed by atoms with Crippen LogP contribution in [-0.4, -0.2) is 41.6 Å². The normalized spacial score (nSPS) is 30.4. The van der Waals surface area contributed by atoms with E-state index in [4.69, 9.17) is 16.3 Å². The van der Waals surface area contributed by atoms with Crippen molar-refractivity contribution < 1.29 is 9.53 Å². The summed E-state index contributed by atoms with van der Waals surface area (Å²) in [5.74, 6) is 0.136. The van der Waals surface area contributed by atoms with Gasteiger partial charge < -0.3 is 9.64 Å². The third kappa shape index (κ3) is 3.86. The van der Waals surface area contributed by atoms with Crippen LogP contribution in [0.15, 0.2) is 24.3 Å². The van der Waals surface area contributed by atoms with Gasteiger partial charge in [-0.3, -0.25) is 4.79 Å². The van der Waals surface area contributed by atoms with Crippen LogP contribution in [0.25, 0.3) is 0 Å². The average molecular weight is 338 g/mol. The Hall–Kier alpha value is -1.14. The standard InChI is InChI=1S/C17H24ClN3O2/c1-11-9-21(10-17(2,3)23-11)16(22)15-8-14(19-20-15)12-4-6-13(18)7-5-12/h4-7,11,14-15,19-20H,8-10H2,1-3H3. The van der Waals surface area contributed by atoms with E-state index in [0.717, 1.165) is 17.0 Å². The van der Waals surface area contributed by atoms with E-state index in [2.05, 4.69) is 10.9 Å². The van der Waals surface area contributed by atoms with Gasteiger partial charge in [-0.1, -0.05) is 23.7 Å². The first kappa shape index (κ1) is 16.7. The van der Waals surface area contributed by atoms with Gasteiger partial charge in [-0.05, 0) is 44.9 Å². The zero-order valence-electron chi connectivity index (χ0n) is 13.8.